The first-order chi connectivity index (χ1) is 16.9. The maximum absolute atomic E-state index is 13.5. The highest BCUT2D eigenvalue weighted by molar-refractivity contribution is 9.10. The van der Waals surface area contributed by atoms with Gasteiger partial charge in [-0.05, 0) is 86.0 Å². The zero-order chi connectivity index (χ0) is 26.4. The topological polar surface area (TPSA) is 121 Å². The van der Waals surface area contributed by atoms with Crippen molar-refractivity contribution in [2.45, 2.75) is 59.2 Å². The number of amides is 2. The fourth-order valence-electron chi connectivity index (χ4n) is 5.40. The molecule has 10 heteroatoms. The van der Waals surface area contributed by atoms with Gasteiger partial charge in [-0.25, -0.2) is 4.79 Å². The molecular weight excluding hydrogens is 530 g/mol. The summed E-state index contributed by atoms with van der Waals surface area (Å²) in [6.45, 7) is 7.80. The summed E-state index contributed by atoms with van der Waals surface area (Å²) >= 11 is 3.56. The van der Waals surface area contributed by atoms with Crippen LogP contribution in [0.5, 0.6) is 11.5 Å². The van der Waals surface area contributed by atoms with E-state index in [2.05, 4.69) is 26.2 Å². The van der Waals surface area contributed by atoms with E-state index in [4.69, 9.17) is 14.6 Å². The molecule has 2 amide bonds. The number of nitrogens with zero attached hydrogens (tertiary/aromatic N) is 1. The molecule has 2 aliphatic rings. The molecule has 194 valence electrons. The highest BCUT2D eigenvalue weighted by Crippen LogP contribution is 2.52. The van der Waals surface area contributed by atoms with Crippen LogP contribution in [0.25, 0.3) is 0 Å². The molecule has 2 heterocycles. The second kappa shape index (κ2) is 9.80. The van der Waals surface area contributed by atoms with Crippen LogP contribution in [0.3, 0.4) is 0 Å². The number of aryl methyl sites for hydroxylation is 2. The van der Waals surface area contributed by atoms with Crippen molar-refractivity contribution in [1.29, 1.82) is 0 Å². The molecule has 9 nitrogen and oxygen atoms in total. The Hall–Kier alpha value is -3.01. The Bertz CT molecular complexity index is 1270. The molecule has 1 aromatic carbocycles. The Labute approximate surface area is 218 Å². The van der Waals surface area contributed by atoms with Crippen molar-refractivity contribution in [2.24, 2.45) is 11.8 Å². The number of hydrogen-bond donors (Lipinski definition) is 3. The zero-order valence-corrected chi connectivity index (χ0v) is 22.7. The summed E-state index contributed by atoms with van der Waals surface area (Å²) in [5.74, 6) is 0.288. The van der Waals surface area contributed by atoms with E-state index in [1.54, 1.807) is 20.0 Å². The minimum absolute atomic E-state index is 0.118. The number of halogens is 1. The number of ether oxygens (including phenoxy) is 2. The van der Waals surface area contributed by atoms with Gasteiger partial charge in [0.15, 0.2) is 11.5 Å². The summed E-state index contributed by atoms with van der Waals surface area (Å²) in [6, 6.07) is 3.55. The molecule has 0 radical (unpaired) electrons. The van der Waals surface area contributed by atoms with Crippen molar-refractivity contribution in [3.05, 3.63) is 49.3 Å². The fraction of sp³-hybridized carbons (Fsp3) is 0.500. The maximum Gasteiger partial charge on any atom is 0.404 e. The van der Waals surface area contributed by atoms with E-state index >= 15 is 0 Å². The Balaban J connectivity index is 1.56. The Morgan fingerprint density at radius 1 is 1.17 bits per heavy atom. The number of carbonyl (C=O) groups is 2. The van der Waals surface area contributed by atoms with Crippen LogP contribution in [0.2, 0.25) is 0 Å². The summed E-state index contributed by atoms with van der Waals surface area (Å²) < 4.78 is 13.4. The number of carbonyl (C=O) groups excluding carboxylic acids is 1. The Kier molecular flexibility index (Phi) is 7.10. The van der Waals surface area contributed by atoms with Gasteiger partial charge in [0.2, 0.25) is 0 Å². The highest BCUT2D eigenvalue weighted by atomic mass is 79.9. The molecule has 4 rings (SSSR count). The number of anilines is 1. The summed E-state index contributed by atoms with van der Waals surface area (Å²) in [5, 5.41) is 11.3. The van der Waals surface area contributed by atoms with Crippen LogP contribution < -0.4 is 25.2 Å². The van der Waals surface area contributed by atoms with Gasteiger partial charge >= 0.3 is 6.09 Å². The number of H-pyrrole nitrogens is 1. The number of fused-ring (bicyclic) bond motifs is 1. The fourth-order valence-corrected chi connectivity index (χ4v) is 5.89. The summed E-state index contributed by atoms with van der Waals surface area (Å²) in [7, 11) is 1.59. The number of aromatic amines is 1. The molecule has 0 bridgehead atoms. The molecule has 1 unspecified atom stereocenters. The van der Waals surface area contributed by atoms with Gasteiger partial charge < -0.3 is 29.8 Å². The predicted molar refractivity (Wildman–Crippen MR) is 139 cm³/mol. The molecular formula is C26H32BrN3O6. The van der Waals surface area contributed by atoms with Crippen molar-refractivity contribution in [1.82, 2.24) is 10.3 Å². The van der Waals surface area contributed by atoms with Crippen LogP contribution in [-0.4, -0.2) is 41.5 Å². The standard InChI is InChI=1S/C26H32BrN3O6/c1-13-10-14(2)29-23(31)20(13)30(5)24(32)18-11-19(27)22-21(15(18)3)35-26(4,36-22)17-8-6-16(7-9-17)12-28-25(33)34/h10-11,16-17,28H,6-9,12H2,1-5H3,(H,29,31)(H,33,34)/t16-,17-,26?. The average Bonchev–Trinajstić information content (AvgIpc) is 3.19. The third-order valence-electron chi connectivity index (χ3n) is 7.38. The largest absolute Gasteiger partial charge is 0.465 e. The highest BCUT2D eigenvalue weighted by Gasteiger charge is 2.47. The lowest BCUT2D eigenvalue weighted by molar-refractivity contribution is -0.123. The maximum atomic E-state index is 13.5. The van der Waals surface area contributed by atoms with Gasteiger partial charge in [0, 0.05) is 43.3 Å². The molecule has 1 aliphatic carbocycles. The Morgan fingerprint density at radius 3 is 2.42 bits per heavy atom. The molecule has 0 saturated heterocycles. The number of aromatic nitrogens is 1. The van der Waals surface area contributed by atoms with Crippen molar-refractivity contribution < 1.29 is 24.2 Å². The monoisotopic (exact) mass is 561 g/mol. The van der Waals surface area contributed by atoms with Crippen LogP contribution >= 0.6 is 15.9 Å². The van der Waals surface area contributed by atoms with Gasteiger partial charge in [0.1, 0.15) is 5.69 Å². The van der Waals surface area contributed by atoms with Gasteiger partial charge in [-0.1, -0.05) is 0 Å². The van der Waals surface area contributed by atoms with Gasteiger partial charge in [-0.2, -0.15) is 0 Å². The van der Waals surface area contributed by atoms with E-state index in [-0.39, 0.29) is 17.4 Å². The number of nitrogens with one attached hydrogen (secondary N) is 2. The molecule has 1 aliphatic heterocycles. The smallest absolute Gasteiger partial charge is 0.404 e. The van der Waals surface area contributed by atoms with Gasteiger partial charge in [0.25, 0.3) is 17.3 Å². The average molecular weight is 562 g/mol. The van der Waals surface area contributed by atoms with Crippen LogP contribution in [0.4, 0.5) is 10.5 Å². The first-order valence-electron chi connectivity index (χ1n) is 12.1. The lowest BCUT2D eigenvalue weighted by Gasteiger charge is -2.37. The zero-order valence-electron chi connectivity index (χ0n) is 21.2. The van der Waals surface area contributed by atoms with E-state index in [0.717, 1.165) is 31.4 Å². The molecule has 0 spiro atoms. The van der Waals surface area contributed by atoms with Gasteiger partial charge in [-0.15, -0.1) is 0 Å². The second-order valence-electron chi connectivity index (χ2n) is 9.99. The third kappa shape index (κ3) is 4.83. The molecule has 3 N–H and O–H groups in total. The van der Waals surface area contributed by atoms with Crippen molar-refractivity contribution >= 4 is 33.6 Å². The molecule has 1 atom stereocenters. The summed E-state index contributed by atoms with van der Waals surface area (Å²) in [5.41, 5.74) is 2.50. The lowest BCUT2D eigenvalue weighted by atomic mass is 9.78. The van der Waals surface area contributed by atoms with E-state index in [1.807, 2.05) is 26.8 Å². The number of pyridine rings is 1. The summed E-state index contributed by atoms with van der Waals surface area (Å²) in [6.07, 6.45) is 2.44. The van der Waals surface area contributed by atoms with Crippen LogP contribution in [0, 0.1) is 32.6 Å². The van der Waals surface area contributed by atoms with Gasteiger partial charge in [0.05, 0.1) is 4.47 Å². The molecule has 1 fully saturated rings. The molecule has 36 heavy (non-hydrogen) atoms. The number of benzene rings is 1. The molecule has 1 aromatic heterocycles. The second-order valence-corrected chi connectivity index (χ2v) is 10.8. The summed E-state index contributed by atoms with van der Waals surface area (Å²) in [4.78, 5) is 41.1. The first-order valence-corrected chi connectivity index (χ1v) is 12.9. The number of rotatable bonds is 5. The van der Waals surface area contributed by atoms with Crippen LogP contribution in [-0.2, 0) is 0 Å². The van der Waals surface area contributed by atoms with Crippen LogP contribution in [0.1, 0.15) is 59.8 Å². The number of carboxylic acid groups (broad SMARTS) is 1. The van der Waals surface area contributed by atoms with E-state index in [0.29, 0.717) is 50.8 Å². The van der Waals surface area contributed by atoms with Crippen molar-refractivity contribution in [3.63, 3.8) is 0 Å². The van der Waals surface area contributed by atoms with Gasteiger partial charge in [-0.3, -0.25) is 9.59 Å². The number of hydrogen-bond acceptors (Lipinski definition) is 5. The van der Waals surface area contributed by atoms with Crippen LogP contribution in [0.15, 0.2) is 21.4 Å². The van der Waals surface area contributed by atoms with E-state index in [9.17, 15) is 14.4 Å². The van der Waals surface area contributed by atoms with E-state index in [1.165, 1.54) is 4.90 Å². The molecule has 2 aromatic rings. The quantitative estimate of drug-likeness (QED) is 0.477. The lowest BCUT2D eigenvalue weighted by Crippen LogP contribution is -2.45. The third-order valence-corrected chi connectivity index (χ3v) is 7.97. The SMILES string of the molecule is Cc1cc(C)c(N(C)C(=O)c2cc(Br)c3c(c2C)OC(C)([C@H]2CC[C@H](CNC(=O)O)CC2)O3)c(=O)[nH]1. The Morgan fingerprint density at radius 2 is 1.81 bits per heavy atom. The minimum Gasteiger partial charge on any atom is -0.465 e. The normalized spacial score (nSPS) is 22.8. The van der Waals surface area contributed by atoms with Crippen molar-refractivity contribution in [2.75, 3.05) is 18.5 Å². The van der Waals surface area contributed by atoms with Crippen molar-refractivity contribution in [3.8, 4) is 11.5 Å². The first kappa shape index (κ1) is 26.1. The van der Waals surface area contributed by atoms with E-state index < -0.39 is 11.9 Å². The molecule has 1 saturated carbocycles. The predicted octanol–water partition coefficient (Wildman–Crippen LogP) is 4.90. The minimum atomic E-state index is -1.000.